The molecule has 0 aliphatic rings. The molecule has 0 radical (unpaired) electrons. The van der Waals surface area contributed by atoms with E-state index in [0.717, 1.165) is 0 Å². The lowest BCUT2D eigenvalue weighted by Gasteiger charge is -2.12. The van der Waals surface area contributed by atoms with Gasteiger partial charge in [0.25, 0.3) is 15.9 Å². The number of nitrogens with one attached hydrogen (secondary N) is 2. The molecule has 0 unspecified atom stereocenters. The average molecular weight is 407 g/mol. The molecule has 5 nitrogen and oxygen atoms in total. The van der Waals surface area contributed by atoms with Gasteiger partial charge in [-0.2, -0.15) is 0 Å². The Kier molecular flexibility index (Phi) is 5.31. The van der Waals surface area contributed by atoms with E-state index in [1.54, 1.807) is 49.4 Å². The van der Waals surface area contributed by atoms with E-state index in [2.05, 4.69) is 10.0 Å². The first-order valence-corrected chi connectivity index (χ1v) is 10.3. The molecule has 0 fully saturated rings. The Hall–Kier alpha value is -2.35. The number of rotatable bonds is 5. The van der Waals surface area contributed by atoms with Crippen LogP contribution in [0.3, 0.4) is 0 Å². The van der Waals surface area contributed by atoms with Gasteiger partial charge in [-0.25, -0.2) is 8.42 Å². The summed E-state index contributed by atoms with van der Waals surface area (Å²) in [6, 6.07) is 14.5. The minimum atomic E-state index is -3.76. The van der Waals surface area contributed by atoms with Crippen molar-refractivity contribution in [1.82, 2.24) is 0 Å². The minimum absolute atomic E-state index is 0.0889. The first-order chi connectivity index (χ1) is 12.4. The second kappa shape index (κ2) is 7.49. The maximum Gasteiger partial charge on any atom is 0.265 e. The van der Waals surface area contributed by atoms with Crippen LogP contribution < -0.4 is 10.0 Å². The van der Waals surface area contributed by atoms with E-state index < -0.39 is 10.0 Å². The Morgan fingerprint density at radius 1 is 1.04 bits per heavy atom. The van der Waals surface area contributed by atoms with Crippen LogP contribution in [0.5, 0.6) is 0 Å². The van der Waals surface area contributed by atoms with Crippen molar-refractivity contribution in [3.63, 3.8) is 0 Å². The van der Waals surface area contributed by atoms with E-state index in [1.165, 1.54) is 23.5 Å². The summed E-state index contributed by atoms with van der Waals surface area (Å²) >= 11 is 7.36. The van der Waals surface area contributed by atoms with Crippen LogP contribution >= 0.6 is 22.9 Å². The zero-order valence-corrected chi connectivity index (χ0v) is 16.1. The van der Waals surface area contributed by atoms with E-state index in [0.29, 0.717) is 26.8 Å². The Labute approximate surface area is 160 Å². The number of benzene rings is 2. The van der Waals surface area contributed by atoms with Crippen molar-refractivity contribution in [3.05, 3.63) is 75.4 Å². The topological polar surface area (TPSA) is 75.3 Å². The normalized spacial score (nSPS) is 11.2. The maximum absolute atomic E-state index is 12.5. The van der Waals surface area contributed by atoms with Crippen molar-refractivity contribution < 1.29 is 13.2 Å². The first-order valence-electron chi connectivity index (χ1n) is 7.60. The van der Waals surface area contributed by atoms with Gasteiger partial charge in [-0.3, -0.25) is 9.52 Å². The van der Waals surface area contributed by atoms with Crippen LogP contribution in [0, 0.1) is 6.92 Å². The largest absolute Gasteiger partial charge is 0.321 e. The van der Waals surface area contributed by atoms with Crippen molar-refractivity contribution in [2.24, 2.45) is 0 Å². The maximum atomic E-state index is 12.5. The van der Waals surface area contributed by atoms with E-state index in [9.17, 15) is 13.2 Å². The predicted molar refractivity (Wildman–Crippen MR) is 106 cm³/mol. The SMILES string of the molecule is Cc1c(Cl)cccc1NS(=O)(=O)c1ccc(NC(=O)c2cccs2)cc1. The lowest BCUT2D eigenvalue weighted by atomic mass is 10.2. The Morgan fingerprint density at radius 3 is 2.42 bits per heavy atom. The fourth-order valence-electron chi connectivity index (χ4n) is 2.24. The molecule has 0 aliphatic heterocycles. The highest BCUT2D eigenvalue weighted by atomic mass is 35.5. The summed E-state index contributed by atoms with van der Waals surface area (Å²) in [4.78, 5) is 12.7. The molecular weight excluding hydrogens is 392 g/mol. The molecule has 2 N–H and O–H groups in total. The summed E-state index contributed by atoms with van der Waals surface area (Å²) in [5.74, 6) is -0.233. The molecule has 26 heavy (non-hydrogen) atoms. The second-order valence-electron chi connectivity index (χ2n) is 5.47. The number of halogens is 1. The Balaban J connectivity index is 1.76. The van der Waals surface area contributed by atoms with E-state index >= 15 is 0 Å². The Morgan fingerprint density at radius 2 is 1.77 bits per heavy atom. The van der Waals surface area contributed by atoms with Crippen LogP contribution in [0.15, 0.2) is 64.9 Å². The number of anilines is 2. The standard InChI is InChI=1S/C18H15ClN2O3S2/c1-12-15(19)4-2-5-16(12)21-26(23,24)14-9-7-13(8-10-14)20-18(22)17-6-3-11-25-17/h2-11,21H,1H3,(H,20,22). The van der Waals surface area contributed by atoms with Gasteiger partial charge in [0, 0.05) is 10.7 Å². The van der Waals surface area contributed by atoms with Crippen LogP contribution in [-0.4, -0.2) is 14.3 Å². The number of carbonyl (C=O) groups is 1. The summed E-state index contributed by atoms with van der Waals surface area (Å²) in [7, 11) is -3.76. The highest BCUT2D eigenvalue weighted by Crippen LogP contribution is 2.26. The average Bonchev–Trinajstić information content (AvgIpc) is 3.14. The molecule has 0 spiro atoms. The van der Waals surface area contributed by atoms with Gasteiger partial charge in [0.05, 0.1) is 15.5 Å². The first kappa shape index (κ1) is 18.4. The van der Waals surface area contributed by atoms with Crippen molar-refractivity contribution in [2.45, 2.75) is 11.8 Å². The fraction of sp³-hybridized carbons (Fsp3) is 0.0556. The number of sulfonamides is 1. The third-order valence-corrected chi connectivity index (χ3v) is 6.34. The molecule has 0 aliphatic carbocycles. The van der Waals surface area contributed by atoms with E-state index in [1.807, 2.05) is 5.38 Å². The van der Waals surface area contributed by atoms with Gasteiger partial charge in [0.1, 0.15) is 0 Å². The third kappa shape index (κ3) is 4.07. The minimum Gasteiger partial charge on any atom is -0.321 e. The molecule has 0 bridgehead atoms. The third-order valence-electron chi connectivity index (χ3n) is 3.68. The van der Waals surface area contributed by atoms with Crippen molar-refractivity contribution in [3.8, 4) is 0 Å². The second-order valence-corrected chi connectivity index (χ2v) is 8.51. The van der Waals surface area contributed by atoms with Gasteiger partial charge in [0.15, 0.2) is 0 Å². The van der Waals surface area contributed by atoms with Gasteiger partial charge in [-0.15, -0.1) is 11.3 Å². The lowest BCUT2D eigenvalue weighted by molar-refractivity contribution is 0.103. The molecule has 1 aromatic heterocycles. The van der Waals surface area contributed by atoms with Crippen LogP contribution in [-0.2, 0) is 10.0 Å². The van der Waals surface area contributed by atoms with E-state index in [4.69, 9.17) is 11.6 Å². The van der Waals surface area contributed by atoms with Crippen LogP contribution in [0.2, 0.25) is 5.02 Å². The molecule has 3 aromatic rings. The molecular formula is C18H15ClN2O3S2. The highest BCUT2D eigenvalue weighted by Gasteiger charge is 2.16. The smallest absolute Gasteiger partial charge is 0.265 e. The zero-order chi connectivity index (χ0) is 18.7. The van der Waals surface area contributed by atoms with Crippen LogP contribution in [0.4, 0.5) is 11.4 Å². The molecule has 134 valence electrons. The molecule has 0 saturated carbocycles. The van der Waals surface area contributed by atoms with Crippen molar-refractivity contribution >= 4 is 50.2 Å². The summed E-state index contributed by atoms with van der Waals surface area (Å²) in [6.07, 6.45) is 0. The van der Waals surface area contributed by atoms with Crippen LogP contribution in [0.25, 0.3) is 0 Å². The molecule has 0 saturated heterocycles. The predicted octanol–water partition coefficient (Wildman–Crippen LogP) is 4.76. The van der Waals surface area contributed by atoms with Gasteiger partial charge >= 0.3 is 0 Å². The number of carbonyl (C=O) groups excluding carboxylic acids is 1. The quantitative estimate of drug-likeness (QED) is 0.641. The van der Waals surface area contributed by atoms with Gasteiger partial charge < -0.3 is 5.32 Å². The Bertz CT molecular complexity index is 1030. The summed E-state index contributed by atoms with van der Waals surface area (Å²) in [6.45, 7) is 1.74. The van der Waals surface area contributed by atoms with Gasteiger partial charge in [-0.1, -0.05) is 23.7 Å². The summed E-state index contributed by atoms with van der Waals surface area (Å²) in [5.41, 5.74) is 1.59. The summed E-state index contributed by atoms with van der Waals surface area (Å²) < 4.78 is 27.6. The number of hydrogen-bond acceptors (Lipinski definition) is 4. The molecule has 0 atom stereocenters. The number of hydrogen-bond donors (Lipinski definition) is 2. The van der Waals surface area contributed by atoms with Crippen LogP contribution in [0.1, 0.15) is 15.2 Å². The highest BCUT2D eigenvalue weighted by molar-refractivity contribution is 7.92. The van der Waals surface area contributed by atoms with Gasteiger partial charge in [-0.05, 0) is 60.3 Å². The molecule has 3 rings (SSSR count). The number of amides is 1. The molecule has 1 amide bonds. The van der Waals surface area contributed by atoms with E-state index in [-0.39, 0.29) is 10.8 Å². The fourth-order valence-corrected chi connectivity index (χ4v) is 4.16. The van der Waals surface area contributed by atoms with Crippen molar-refractivity contribution in [1.29, 1.82) is 0 Å². The summed E-state index contributed by atoms with van der Waals surface area (Å²) in [5, 5.41) is 5.02. The molecule has 2 aromatic carbocycles. The monoisotopic (exact) mass is 406 g/mol. The van der Waals surface area contributed by atoms with Crippen molar-refractivity contribution in [2.75, 3.05) is 10.0 Å². The number of thiophene rings is 1. The lowest BCUT2D eigenvalue weighted by Crippen LogP contribution is -2.14. The zero-order valence-electron chi connectivity index (χ0n) is 13.7. The molecule has 8 heteroatoms. The molecule has 1 heterocycles. The van der Waals surface area contributed by atoms with Gasteiger partial charge in [0.2, 0.25) is 0 Å².